The minimum atomic E-state index is -0.558. The van der Waals surface area contributed by atoms with Gasteiger partial charge in [0.15, 0.2) is 11.2 Å². The van der Waals surface area contributed by atoms with E-state index in [2.05, 4.69) is 10.1 Å². The Labute approximate surface area is 250 Å². The molecule has 0 unspecified atom stereocenters. The first kappa shape index (κ1) is 27.5. The molecule has 0 amide bonds. The number of rotatable bonds is 6. The number of ketones is 1. The van der Waals surface area contributed by atoms with Crippen LogP contribution in [0, 0.1) is 0 Å². The van der Waals surface area contributed by atoms with Gasteiger partial charge in [-0.05, 0) is 90.6 Å². The first-order valence-corrected chi connectivity index (χ1v) is 16.6. The van der Waals surface area contributed by atoms with Gasteiger partial charge in [0.1, 0.15) is 18.1 Å². The maximum absolute atomic E-state index is 13.9. The molecule has 3 aliphatic heterocycles. The van der Waals surface area contributed by atoms with E-state index >= 15 is 0 Å². The highest BCUT2D eigenvalue weighted by Gasteiger charge is 2.48. The number of hydrogen-bond acceptors (Lipinski definition) is 9. The molecule has 6 heterocycles. The van der Waals surface area contributed by atoms with Crippen LogP contribution >= 0.6 is 0 Å². The van der Waals surface area contributed by atoms with Crippen LogP contribution < -0.4 is 10.4 Å². The number of imidazole rings is 1. The van der Waals surface area contributed by atoms with Crippen LogP contribution in [0.1, 0.15) is 101 Å². The Morgan fingerprint density at radius 2 is 1.81 bits per heavy atom. The lowest BCUT2D eigenvalue weighted by Crippen LogP contribution is -2.43. The summed E-state index contributed by atoms with van der Waals surface area (Å²) in [6.07, 6.45) is 12.2. The van der Waals surface area contributed by atoms with Crippen molar-refractivity contribution in [3.63, 3.8) is 0 Å². The second-order valence-electron chi connectivity index (χ2n) is 13.4. The standard InChI is InChI=1S/C32H42N6O5/c1-2-37-24-28(38(30(37)40)21-9-6-18-41-19-21)33-27(34-29(24)42-20-31-12-7-16-36(31)17-8-13-31)25-22-10-5-15-32(26(22)35-43-25)14-4-3-11-23(32)39/h21H,2-20H2,1H3/t21-,32-/m1/s1. The summed E-state index contributed by atoms with van der Waals surface area (Å²) in [6.45, 7) is 6.37. The van der Waals surface area contributed by atoms with Crippen LogP contribution in [-0.2, 0) is 27.9 Å². The van der Waals surface area contributed by atoms with Crippen molar-refractivity contribution >= 4 is 16.9 Å². The summed E-state index contributed by atoms with van der Waals surface area (Å²) in [6, 6.07) is -0.113. The van der Waals surface area contributed by atoms with E-state index in [1.807, 2.05) is 6.92 Å². The molecule has 11 nitrogen and oxygen atoms in total. The lowest BCUT2D eigenvalue weighted by Gasteiger charge is -2.37. The molecule has 1 saturated carbocycles. The Morgan fingerprint density at radius 3 is 2.58 bits per heavy atom. The molecular formula is C32H42N6O5. The summed E-state index contributed by atoms with van der Waals surface area (Å²) in [5.41, 5.74) is 2.25. The number of ether oxygens (including phenoxy) is 2. The van der Waals surface area contributed by atoms with E-state index < -0.39 is 5.41 Å². The summed E-state index contributed by atoms with van der Waals surface area (Å²) < 4.78 is 22.1. The summed E-state index contributed by atoms with van der Waals surface area (Å²) in [5.74, 6) is 1.58. The molecule has 11 heteroatoms. The van der Waals surface area contributed by atoms with Crippen LogP contribution in [0.2, 0.25) is 0 Å². The molecule has 2 aliphatic carbocycles. The van der Waals surface area contributed by atoms with Crippen LogP contribution in [0.5, 0.6) is 5.88 Å². The fraction of sp³-hybridized carbons (Fsp3) is 0.719. The van der Waals surface area contributed by atoms with Crippen LogP contribution in [0.4, 0.5) is 0 Å². The number of aromatic nitrogens is 5. The first-order chi connectivity index (χ1) is 21.0. The number of aryl methyl sites for hydroxylation is 1. The van der Waals surface area contributed by atoms with Gasteiger partial charge in [0.25, 0.3) is 0 Å². The fourth-order valence-electron chi connectivity index (χ4n) is 8.94. The van der Waals surface area contributed by atoms with Crippen molar-refractivity contribution in [2.45, 2.75) is 114 Å². The van der Waals surface area contributed by atoms with E-state index in [4.69, 9.17) is 24.0 Å². The molecule has 3 saturated heterocycles. The van der Waals surface area contributed by atoms with Gasteiger partial charge in [-0.2, -0.15) is 4.98 Å². The third kappa shape index (κ3) is 4.17. The molecule has 0 radical (unpaired) electrons. The highest BCUT2D eigenvalue weighted by molar-refractivity contribution is 5.91. The minimum Gasteiger partial charge on any atom is -0.474 e. The predicted octanol–water partition coefficient (Wildman–Crippen LogP) is 4.34. The van der Waals surface area contributed by atoms with Crippen LogP contribution in [0.15, 0.2) is 9.32 Å². The van der Waals surface area contributed by atoms with Crippen molar-refractivity contribution in [3.05, 3.63) is 21.7 Å². The van der Waals surface area contributed by atoms with E-state index in [1.165, 1.54) is 12.8 Å². The highest BCUT2D eigenvalue weighted by atomic mass is 16.5. The lowest BCUT2D eigenvalue weighted by molar-refractivity contribution is -0.127. The second-order valence-corrected chi connectivity index (χ2v) is 13.4. The smallest absolute Gasteiger partial charge is 0.330 e. The van der Waals surface area contributed by atoms with Crippen LogP contribution in [-0.4, -0.2) is 73.4 Å². The number of hydrogen-bond donors (Lipinski definition) is 0. The van der Waals surface area contributed by atoms with Gasteiger partial charge in [0.05, 0.1) is 23.6 Å². The van der Waals surface area contributed by atoms with Crippen LogP contribution in [0.25, 0.3) is 22.7 Å². The molecule has 0 N–H and O–H groups in total. The zero-order valence-corrected chi connectivity index (χ0v) is 25.2. The Morgan fingerprint density at radius 1 is 0.977 bits per heavy atom. The van der Waals surface area contributed by atoms with E-state index in [1.54, 1.807) is 9.13 Å². The van der Waals surface area contributed by atoms with Crippen molar-refractivity contribution in [2.24, 2.45) is 0 Å². The monoisotopic (exact) mass is 590 g/mol. The number of nitrogens with zero attached hydrogens (tertiary/aromatic N) is 6. The van der Waals surface area contributed by atoms with Gasteiger partial charge >= 0.3 is 5.69 Å². The number of carbonyl (C=O) groups excluding carboxylic acids is 1. The summed E-state index contributed by atoms with van der Waals surface area (Å²) in [5, 5.41) is 4.56. The van der Waals surface area contributed by atoms with Crippen LogP contribution in [0.3, 0.4) is 0 Å². The van der Waals surface area contributed by atoms with Gasteiger partial charge in [0, 0.05) is 25.1 Å². The first-order valence-electron chi connectivity index (χ1n) is 16.6. The summed E-state index contributed by atoms with van der Waals surface area (Å²) in [7, 11) is 0. The molecule has 0 aromatic carbocycles. The normalized spacial score (nSPS) is 27.2. The number of carbonyl (C=O) groups is 1. The van der Waals surface area contributed by atoms with E-state index in [0.29, 0.717) is 61.4 Å². The van der Waals surface area contributed by atoms with Crippen molar-refractivity contribution in [3.8, 4) is 17.5 Å². The molecular weight excluding hydrogens is 548 g/mol. The molecule has 230 valence electrons. The lowest BCUT2D eigenvalue weighted by atomic mass is 9.64. The van der Waals surface area contributed by atoms with Crippen molar-refractivity contribution in [1.82, 2.24) is 29.2 Å². The molecule has 3 aromatic heterocycles. The van der Waals surface area contributed by atoms with Gasteiger partial charge in [-0.25, -0.2) is 9.78 Å². The maximum Gasteiger partial charge on any atom is 0.330 e. The Balaban J connectivity index is 1.28. The molecule has 2 atom stereocenters. The molecule has 4 fully saturated rings. The molecule has 3 aromatic rings. The van der Waals surface area contributed by atoms with Crippen molar-refractivity contribution in [1.29, 1.82) is 0 Å². The summed E-state index contributed by atoms with van der Waals surface area (Å²) in [4.78, 5) is 39.9. The molecule has 5 aliphatic rings. The topological polar surface area (TPSA) is 118 Å². The minimum absolute atomic E-state index is 0.0215. The zero-order chi connectivity index (χ0) is 29.2. The van der Waals surface area contributed by atoms with Gasteiger partial charge in [-0.1, -0.05) is 11.6 Å². The molecule has 43 heavy (non-hydrogen) atoms. The van der Waals surface area contributed by atoms with E-state index in [9.17, 15) is 9.59 Å². The molecule has 8 rings (SSSR count). The molecule has 1 spiro atoms. The van der Waals surface area contributed by atoms with Gasteiger partial charge < -0.3 is 14.0 Å². The Kier molecular flexibility index (Phi) is 6.74. The number of Topliss-reactive ketones (excluding diaryl/α,β-unsaturated/α-hetero) is 1. The number of fused-ring (bicyclic) bond motifs is 4. The van der Waals surface area contributed by atoms with E-state index in [-0.39, 0.29) is 23.1 Å². The van der Waals surface area contributed by atoms with Crippen molar-refractivity contribution in [2.75, 3.05) is 32.9 Å². The van der Waals surface area contributed by atoms with Gasteiger partial charge in [-0.3, -0.25) is 18.8 Å². The molecule has 0 bridgehead atoms. The Hall–Kier alpha value is -3.05. The van der Waals surface area contributed by atoms with E-state index in [0.717, 1.165) is 88.6 Å². The Bertz CT molecular complexity index is 1610. The third-order valence-corrected chi connectivity index (χ3v) is 11.1. The third-order valence-electron chi connectivity index (χ3n) is 11.1. The summed E-state index contributed by atoms with van der Waals surface area (Å²) >= 11 is 0. The van der Waals surface area contributed by atoms with Gasteiger partial charge in [-0.15, -0.1) is 0 Å². The average molecular weight is 591 g/mol. The van der Waals surface area contributed by atoms with Crippen molar-refractivity contribution < 1.29 is 18.8 Å². The second kappa shape index (κ2) is 10.5. The zero-order valence-electron chi connectivity index (χ0n) is 25.2. The quantitative estimate of drug-likeness (QED) is 0.413. The largest absolute Gasteiger partial charge is 0.474 e. The predicted molar refractivity (Wildman–Crippen MR) is 158 cm³/mol. The highest BCUT2D eigenvalue weighted by Crippen LogP contribution is 2.47. The fourth-order valence-corrected chi connectivity index (χ4v) is 8.94. The SMILES string of the molecule is CCn1c(=O)n([C@@H]2CCCOC2)c2nc(-c3onc4c3CCC[C@@]43CCCCC3=O)nc(OCC34CCCN3CCC4)c21. The average Bonchev–Trinajstić information content (AvgIpc) is 3.79. The van der Waals surface area contributed by atoms with Gasteiger partial charge in [0.2, 0.25) is 17.5 Å². The maximum atomic E-state index is 13.9.